The molecule has 1 unspecified atom stereocenters. The van der Waals surface area contributed by atoms with E-state index in [1.54, 1.807) is 24.4 Å². The third-order valence-corrected chi connectivity index (χ3v) is 2.65. The lowest BCUT2D eigenvalue weighted by atomic mass is 10.1. The third kappa shape index (κ3) is 2.29. The molecule has 5 nitrogen and oxygen atoms in total. The van der Waals surface area contributed by atoms with Gasteiger partial charge in [-0.1, -0.05) is 18.2 Å². The first-order valence-electron chi connectivity index (χ1n) is 5.47. The lowest BCUT2D eigenvalue weighted by Gasteiger charge is -2.10. The lowest BCUT2D eigenvalue weighted by molar-refractivity contribution is -0.144. The van der Waals surface area contributed by atoms with Crippen molar-refractivity contribution in [3.63, 3.8) is 0 Å². The van der Waals surface area contributed by atoms with Crippen molar-refractivity contribution in [1.82, 2.24) is 4.98 Å². The van der Waals surface area contributed by atoms with E-state index in [9.17, 15) is 9.59 Å². The summed E-state index contributed by atoms with van der Waals surface area (Å²) in [6, 6.07) is 9.03. The van der Waals surface area contributed by atoms with Gasteiger partial charge in [0.25, 0.3) is 0 Å². The number of pyridine rings is 1. The molecule has 0 saturated heterocycles. The first-order chi connectivity index (χ1) is 8.59. The highest BCUT2D eigenvalue weighted by atomic mass is 16.4. The van der Waals surface area contributed by atoms with Crippen LogP contribution in [-0.2, 0) is 9.59 Å². The SMILES string of the molecule is CC(C(=O)O)C(=O)Nc1cccc2cccnc12. The summed E-state index contributed by atoms with van der Waals surface area (Å²) in [5.74, 6) is -2.80. The summed E-state index contributed by atoms with van der Waals surface area (Å²) in [5.41, 5.74) is 1.16. The summed E-state index contributed by atoms with van der Waals surface area (Å²) in [4.78, 5) is 26.6. The number of rotatable bonds is 3. The fourth-order valence-electron chi connectivity index (χ4n) is 1.56. The molecular weight excluding hydrogens is 232 g/mol. The van der Waals surface area contributed by atoms with Crippen molar-refractivity contribution in [3.8, 4) is 0 Å². The van der Waals surface area contributed by atoms with Crippen LogP contribution in [0, 0.1) is 5.92 Å². The summed E-state index contributed by atoms with van der Waals surface area (Å²) in [6.45, 7) is 1.34. The van der Waals surface area contributed by atoms with Gasteiger partial charge in [-0.05, 0) is 19.1 Å². The van der Waals surface area contributed by atoms with Crippen LogP contribution in [0.25, 0.3) is 10.9 Å². The number of carboxylic acid groups (broad SMARTS) is 1. The van der Waals surface area contributed by atoms with Gasteiger partial charge in [-0.2, -0.15) is 0 Å². The molecule has 0 spiro atoms. The van der Waals surface area contributed by atoms with Crippen LogP contribution >= 0.6 is 0 Å². The minimum absolute atomic E-state index is 0.520. The highest BCUT2D eigenvalue weighted by Gasteiger charge is 2.21. The number of aromatic nitrogens is 1. The van der Waals surface area contributed by atoms with Crippen LogP contribution in [0.2, 0.25) is 0 Å². The number of hydrogen-bond donors (Lipinski definition) is 2. The average molecular weight is 244 g/mol. The Labute approximate surface area is 103 Å². The van der Waals surface area contributed by atoms with Crippen LogP contribution < -0.4 is 5.32 Å². The van der Waals surface area contributed by atoms with E-state index in [4.69, 9.17) is 5.11 Å². The molecule has 1 amide bonds. The van der Waals surface area contributed by atoms with Gasteiger partial charge in [0.1, 0.15) is 5.92 Å². The number of carbonyl (C=O) groups is 2. The molecule has 0 radical (unpaired) electrons. The van der Waals surface area contributed by atoms with Crippen molar-refractivity contribution >= 4 is 28.5 Å². The maximum Gasteiger partial charge on any atom is 0.315 e. The van der Waals surface area contributed by atoms with Gasteiger partial charge in [0.05, 0.1) is 11.2 Å². The Hall–Kier alpha value is -2.43. The molecule has 0 aliphatic carbocycles. The van der Waals surface area contributed by atoms with Crippen LogP contribution in [-0.4, -0.2) is 22.0 Å². The number of nitrogens with one attached hydrogen (secondary N) is 1. The zero-order chi connectivity index (χ0) is 13.1. The molecule has 0 bridgehead atoms. The topological polar surface area (TPSA) is 79.3 Å². The van der Waals surface area contributed by atoms with Gasteiger partial charge in [-0.25, -0.2) is 0 Å². The van der Waals surface area contributed by atoms with Gasteiger partial charge in [0.2, 0.25) is 5.91 Å². The van der Waals surface area contributed by atoms with Crippen molar-refractivity contribution in [3.05, 3.63) is 36.5 Å². The van der Waals surface area contributed by atoms with E-state index < -0.39 is 17.8 Å². The molecule has 18 heavy (non-hydrogen) atoms. The number of carboxylic acids is 1. The van der Waals surface area contributed by atoms with Crippen molar-refractivity contribution in [2.45, 2.75) is 6.92 Å². The van der Waals surface area contributed by atoms with Crippen LogP contribution in [0.1, 0.15) is 6.92 Å². The van der Waals surface area contributed by atoms with Gasteiger partial charge in [0, 0.05) is 11.6 Å². The maximum atomic E-state index is 11.7. The largest absolute Gasteiger partial charge is 0.481 e. The van der Waals surface area contributed by atoms with Crippen LogP contribution in [0.4, 0.5) is 5.69 Å². The Kier molecular flexibility index (Phi) is 3.23. The molecule has 5 heteroatoms. The average Bonchev–Trinajstić information content (AvgIpc) is 2.38. The molecular formula is C13H12N2O3. The Morgan fingerprint density at radius 2 is 2.00 bits per heavy atom. The second-order valence-electron chi connectivity index (χ2n) is 3.93. The fourth-order valence-corrected chi connectivity index (χ4v) is 1.56. The van der Waals surface area contributed by atoms with E-state index in [2.05, 4.69) is 10.3 Å². The summed E-state index contributed by atoms with van der Waals surface area (Å²) < 4.78 is 0. The van der Waals surface area contributed by atoms with E-state index in [1.807, 2.05) is 12.1 Å². The number of amides is 1. The van der Waals surface area contributed by atoms with Crippen molar-refractivity contribution in [1.29, 1.82) is 0 Å². The van der Waals surface area contributed by atoms with E-state index >= 15 is 0 Å². The summed E-state index contributed by atoms with van der Waals surface area (Å²) in [7, 11) is 0. The quantitative estimate of drug-likeness (QED) is 0.808. The van der Waals surface area contributed by atoms with Gasteiger partial charge in [-0.15, -0.1) is 0 Å². The van der Waals surface area contributed by atoms with E-state index in [0.29, 0.717) is 11.2 Å². The van der Waals surface area contributed by atoms with Crippen molar-refractivity contribution < 1.29 is 14.7 Å². The standard InChI is InChI=1S/C13H12N2O3/c1-8(13(17)18)12(16)15-10-6-2-4-9-5-3-7-14-11(9)10/h2-8H,1H3,(H,15,16)(H,17,18). The Morgan fingerprint density at radius 3 is 2.72 bits per heavy atom. The normalized spacial score (nSPS) is 12.1. The van der Waals surface area contributed by atoms with Crippen LogP contribution in [0.15, 0.2) is 36.5 Å². The first kappa shape index (κ1) is 12.0. The zero-order valence-electron chi connectivity index (χ0n) is 9.75. The van der Waals surface area contributed by atoms with Gasteiger partial charge >= 0.3 is 5.97 Å². The van der Waals surface area contributed by atoms with E-state index in [0.717, 1.165) is 5.39 Å². The maximum absolute atomic E-state index is 11.7. The minimum atomic E-state index is -1.15. The lowest BCUT2D eigenvalue weighted by Crippen LogP contribution is -2.27. The summed E-state index contributed by atoms with van der Waals surface area (Å²) in [6.07, 6.45) is 1.62. The molecule has 2 aromatic rings. The highest BCUT2D eigenvalue weighted by molar-refractivity contribution is 6.07. The second-order valence-corrected chi connectivity index (χ2v) is 3.93. The minimum Gasteiger partial charge on any atom is -0.481 e. The number of carbonyl (C=O) groups excluding carboxylic acids is 1. The molecule has 1 aromatic carbocycles. The molecule has 2 rings (SSSR count). The predicted octanol–water partition coefficient (Wildman–Crippen LogP) is 1.89. The number of anilines is 1. The summed E-state index contributed by atoms with van der Waals surface area (Å²) in [5, 5.41) is 12.2. The zero-order valence-corrected chi connectivity index (χ0v) is 9.75. The number of benzene rings is 1. The molecule has 0 aliphatic rings. The molecule has 2 N–H and O–H groups in total. The third-order valence-electron chi connectivity index (χ3n) is 2.65. The number of aliphatic carboxylic acids is 1. The molecule has 1 atom stereocenters. The Morgan fingerprint density at radius 1 is 1.28 bits per heavy atom. The number of fused-ring (bicyclic) bond motifs is 1. The number of hydrogen-bond acceptors (Lipinski definition) is 3. The molecule has 0 saturated carbocycles. The highest BCUT2D eigenvalue weighted by Crippen LogP contribution is 2.21. The fraction of sp³-hybridized carbons (Fsp3) is 0.154. The van der Waals surface area contributed by atoms with Gasteiger partial charge < -0.3 is 10.4 Å². The van der Waals surface area contributed by atoms with Gasteiger partial charge in [0.15, 0.2) is 0 Å². The molecule has 0 fully saturated rings. The van der Waals surface area contributed by atoms with Gasteiger partial charge in [-0.3, -0.25) is 14.6 Å². The monoisotopic (exact) mass is 244 g/mol. The summed E-state index contributed by atoms with van der Waals surface area (Å²) >= 11 is 0. The number of para-hydroxylation sites is 1. The Balaban J connectivity index is 2.32. The molecule has 0 aliphatic heterocycles. The Bertz CT molecular complexity index is 605. The smallest absolute Gasteiger partial charge is 0.315 e. The molecule has 1 aromatic heterocycles. The van der Waals surface area contributed by atoms with Crippen LogP contribution in [0.5, 0.6) is 0 Å². The predicted molar refractivity (Wildman–Crippen MR) is 67.2 cm³/mol. The van der Waals surface area contributed by atoms with Crippen molar-refractivity contribution in [2.75, 3.05) is 5.32 Å². The second kappa shape index (κ2) is 4.83. The van der Waals surface area contributed by atoms with E-state index in [-0.39, 0.29) is 0 Å². The number of nitrogens with zero attached hydrogens (tertiary/aromatic N) is 1. The molecule has 92 valence electrons. The van der Waals surface area contributed by atoms with Crippen LogP contribution in [0.3, 0.4) is 0 Å². The first-order valence-corrected chi connectivity index (χ1v) is 5.47. The van der Waals surface area contributed by atoms with E-state index in [1.165, 1.54) is 6.92 Å². The molecule has 1 heterocycles. The van der Waals surface area contributed by atoms with Crippen molar-refractivity contribution in [2.24, 2.45) is 5.92 Å².